The molecule has 1 aliphatic rings. The molecule has 0 saturated carbocycles. The average Bonchev–Trinajstić information content (AvgIpc) is 3.54. The molecule has 1 aromatic heterocycles. The summed E-state index contributed by atoms with van der Waals surface area (Å²) in [6.45, 7) is 2.49. The first kappa shape index (κ1) is 23.0. The fraction of sp³-hybridized carbons (Fsp3) is 0.172. The van der Waals surface area contributed by atoms with Crippen LogP contribution in [0.1, 0.15) is 49.8 Å². The van der Waals surface area contributed by atoms with Crippen LogP contribution in [0.2, 0.25) is 0 Å². The van der Waals surface area contributed by atoms with Crippen molar-refractivity contribution >= 4 is 23.6 Å². The predicted octanol–water partition coefficient (Wildman–Crippen LogP) is 5.88. The van der Waals surface area contributed by atoms with Crippen molar-refractivity contribution in [3.8, 4) is 0 Å². The minimum atomic E-state index is -0.253. The number of hydrogen-bond donors (Lipinski definition) is 1. The second kappa shape index (κ2) is 10.2. The highest BCUT2D eigenvalue weighted by molar-refractivity contribution is 8.00. The average molecular weight is 483 g/mol. The van der Waals surface area contributed by atoms with Crippen molar-refractivity contribution in [2.75, 3.05) is 5.75 Å². The van der Waals surface area contributed by atoms with Gasteiger partial charge in [0.15, 0.2) is 0 Å². The first-order valence-electron chi connectivity index (χ1n) is 11.5. The molecule has 2 unspecified atom stereocenters. The maximum atomic E-state index is 13.3. The van der Waals surface area contributed by atoms with E-state index in [2.05, 4.69) is 24.4 Å². The molecule has 6 heteroatoms. The molecule has 3 aromatic carbocycles. The van der Waals surface area contributed by atoms with E-state index in [0.29, 0.717) is 17.9 Å². The van der Waals surface area contributed by atoms with E-state index >= 15 is 0 Å². The first-order chi connectivity index (χ1) is 17.1. The van der Waals surface area contributed by atoms with Gasteiger partial charge >= 0.3 is 0 Å². The van der Waals surface area contributed by atoms with Gasteiger partial charge in [-0.1, -0.05) is 66.7 Å². The maximum absolute atomic E-state index is 13.3. The van der Waals surface area contributed by atoms with Gasteiger partial charge < -0.3 is 14.6 Å². The molecule has 1 saturated heterocycles. The molecule has 2 heterocycles. The zero-order valence-electron chi connectivity index (χ0n) is 19.4. The maximum Gasteiger partial charge on any atom is 0.252 e. The number of benzene rings is 3. The molecule has 5 rings (SSSR count). The Bertz CT molecular complexity index is 1300. The third kappa shape index (κ3) is 5.03. The van der Waals surface area contributed by atoms with E-state index in [-0.39, 0.29) is 23.2 Å². The summed E-state index contributed by atoms with van der Waals surface area (Å²) in [7, 11) is 0. The van der Waals surface area contributed by atoms with Crippen LogP contribution in [0.5, 0.6) is 0 Å². The van der Waals surface area contributed by atoms with Crippen molar-refractivity contribution in [2.45, 2.75) is 24.9 Å². The van der Waals surface area contributed by atoms with Crippen molar-refractivity contribution in [3.63, 3.8) is 0 Å². The lowest BCUT2D eigenvalue weighted by atomic mass is 9.94. The smallest absolute Gasteiger partial charge is 0.252 e. The van der Waals surface area contributed by atoms with Gasteiger partial charge in [-0.05, 0) is 53.4 Å². The third-order valence-electron chi connectivity index (χ3n) is 6.24. The van der Waals surface area contributed by atoms with Gasteiger partial charge in [-0.2, -0.15) is 0 Å². The van der Waals surface area contributed by atoms with Gasteiger partial charge in [-0.3, -0.25) is 9.59 Å². The Morgan fingerprint density at radius 3 is 2.46 bits per heavy atom. The Balaban J connectivity index is 1.35. The summed E-state index contributed by atoms with van der Waals surface area (Å²) in [6.07, 6.45) is 1.62. The predicted molar refractivity (Wildman–Crippen MR) is 138 cm³/mol. The number of thioether (sulfide) groups is 1. The van der Waals surface area contributed by atoms with E-state index in [0.717, 1.165) is 28.0 Å². The lowest BCUT2D eigenvalue weighted by Gasteiger charge is -2.24. The van der Waals surface area contributed by atoms with E-state index < -0.39 is 0 Å². The monoisotopic (exact) mass is 482 g/mol. The topological polar surface area (TPSA) is 62.6 Å². The van der Waals surface area contributed by atoms with Gasteiger partial charge in [0.1, 0.15) is 11.1 Å². The molecule has 0 spiro atoms. The highest BCUT2D eigenvalue weighted by Gasteiger charge is 2.33. The summed E-state index contributed by atoms with van der Waals surface area (Å²) in [5.41, 5.74) is 4.79. The van der Waals surface area contributed by atoms with Crippen LogP contribution in [0.3, 0.4) is 0 Å². The van der Waals surface area contributed by atoms with Gasteiger partial charge in [0, 0.05) is 5.56 Å². The van der Waals surface area contributed by atoms with Crippen LogP contribution < -0.4 is 5.32 Å². The highest BCUT2D eigenvalue weighted by atomic mass is 32.2. The molecular formula is C29H26N2O3S. The zero-order valence-corrected chi connectivity index (χ0v) is 20.2. The van der Waals surface area contributed by atoms with Crippen molar-refractivity contribution in [2.24, 2.45) is 0 Å². The lowest BCUT2D eigenvalue weighted by Crippen LogP contribution is -2.30. The Kier molecular flexibility index (Phi) is 6.73. The fourth-order valence-electron chi connectivity index (χ4n) is 4.38. The Morgan fingerprint density at radius 1 is 1.00 bits per heavy atom. The number of amides is 2. The third-order valence-corrected chi connectivity index (χ3v) is 7.50. The molecule has 0 bridgehead atoms. The van der Waals surface area contributed by atoms with E-state index in [1.165, 1.54) is 0 Å². The molecule has 1 N–H and O–H groups in total. The Morgan fingerprint density at radius 2 is 1.74 bits per heavy atom. The van der Waals surface area contributed by atoms with Crippen LogP contribution in [-0.4, -0.2) is 22.5 Å². The summed E-state index contributed by atoms with van der Waals surface area (Å²) >= 11 is 1.59. The van der Waals surface area contributed by atoms with Crippen LogP contribution in [0.25, 0.3) is 0 Å². The molecule has 1 aliphatic heterocycles. The van der Waals surface area contributed by atoms with Gasteiger partial charge in [-0.15, -0.1) is 11.8 Å². The van der Waals surface area contributed by atoms with Gasteiger partial charge in [-0.25, -0.2) is 0 Å². The standard InChI is InChI=1S/C29H26N2O3S/c1-20-8-5-6-12-25(20)27(21-9-3-2-4-10-21)30-28(33)22-13-15-23(16-14-22)29-31(26(32)19-35-29)18-24-11-7-17-34-24/h2-17,27,29H,18-19H2,1H3,(H,30,33). The quantitative estimate of drug-likeness (QED) is 0.357. The van der Waals surface area contributed by atoms with E-state index in [9.17, 15) is 9.59 Å². The van der Waals surface area contributed by atoms with Crippen LogP contribution >= 0.6 is 11.8 Å². The normalized spacial score (nSPS) is 16.3. The first-order valence-corrected chi connectivity index (χ1v) is 12.6. The summed E-state index contributed by atoms with van der Waals surface area (Å²) < 4.78 is 5.44. The number of furan rings is 1. The van der Waals surface area contributed by atoms with Crippen LogP contribution in [0, 0.1) is 6.92 Å². The molecule has 35 heavy (non-hydrogen) atoms. The number of nitrogens with zero attached hydrogens (tertiary/aromatic N) is 1. The number of carbonyl (C=O) groups is 2. The van der Waals surface area contributed by atoms with Crippen molar-refractivity contribution in [3.05, 3.63) is 131 Å². The number of aryl methyl sites for hydroxylation is 1. The van der Waals surface area contributed by atoms with Crippen LogP contribution in [-0.2, 0) is 11.3 Å². The van der Waals surface area contributed by atoms with E-state index in [4.69, 9.17) is 4.42 Å². The van der Waals surface area contributed by atoms with Crippen molar-refractivity contribution in [1.82, 2.24) is 10.2 Å². The van der Waals surface area contributed by atoms with E-state index in [1.807, 2.05) is 83.8 Å². The molecule has 2 amide bonds. The second-order valence-electron chi connectivity index (χ2n) is 8.56. The molecule has 2 atom stereocenters. The van der Waals surface area contributed by atoms with Crippen molar-refractivity contribution < 1.29 is 14.0 Å². The minimum absolute atomic E-state index is 0.0853. The fourth-order valence-corrected chi connectivity index (χ4v) is 5.57. The largest absolute Gasteiger partial charge is 0.467 e. The number of hydrogen-bond acceptors (Lipinski definition) is 4. The molecule has 0 radical (unpaired) electrons. The molecule has 1 fully saturated rings. The molecule has 0 aliphatic carbocycles. The molecular weight excluding hydrogens is 456 g/mol. The van der Waals surface area contributed by atoms with E-state index in [1.54, 1.807) is 18.0 Å². The van der Waals surface area contributed by atoms with Crippen LogP contribution in [0.4, 0.5) is 0 Å². The highest BCUT2D eigenvalue weighted by Crippen LogP contribution is 2.39. The number of nitrogens with one attached hydrogen (secondary N) is 1. The second-order valence-corrected chi connectivity index (χ2v) is 9.63. The summed E-state index contributed by atoms with van der Waals surface area (Å²) in [5, 5.41) is 3.12. The zero-order chi connectivity index (χ0) is 24.2. The summed E-state index contributed by atoms with van der Waals surface area (Å²) in [5.74, 6) is 1.13. The SMILES string of the molecule is Cc1ccccc1C(NC(=O)c1ccc(C2SCC(=O)N2Cc2ccco2)cc1)c1ccccc1. The number of rotatable bonds is 7. The van der Waals surface area contributed by atoms with Crippen LogP contribution in [0.15, 0.2) is 102 Å². The molecule has 5 nitrogen and oxygen atoms in total. The van der Waals surface area contributed by atoms with Crippen molar-refractivity contribution in [1.29, 1.82) is 0 Å². The molecule has 4 aromatic rings. The lowest BCUT2D eigenvalue weighted by molar-refractivity contribution is -0.128. The summed E-state index contributed by atoms with van der Waals surface area (Å²) in [4.78, 5) is 27.6. The van der Waals surface area contributed by atoms with Gasteiger partial charge in [0.05, 0.1) is 24.6 Å². The number of carbonyl (C=O) groups excluding carboxylic acids is 2. The van der Waals surface area contributed by atoms with Gasteiger partial charge in [0.25, 0.3) is 5.91 Å². The van der Waals surface area contributed by atoms with Gasteiger partial charge in [0.2, 0.25) is 5.91 Å². The summed E-state index contributed by atoms with van der Waals surface area (Å²) in [6, 6.07) is 29.1. The minimum Gasteiger partial charge on any atom is -0.467 e. The Labute approximate surface area is 209 Å². The molecule has 176 valence electrons. The Hall–Kier alpha value is -3.77.